The van der Waals surface area contributed by atoms with Gasteiger partial charge >= 0.3 is 0 Å². The summed E-state index contributed by atoms with van der Waals surface area (Å²) in [5, 5.41) is 0.257. The topological polar surface area (TPSA) is 72.2 Å². The lowest BCUT2D eigenvalue weighted by molar-refractivity contribution is 0.357. The van der Waals surface area contributed by atoms with Crippen LogP contribution < -0.4 is 10.5 Å². The zero-order valence-corrected chi connectivity index (χ0v) is 12.7. The van der Waals surface area contributed by atoms with E-state index in [0.717, 1.165) is 12.8 Å². The summed E-state index contributed by atoms with van der Waals surface area (Å²) in [7, 11) is -3.52. The highest BCUT2D eigenvalue weighted by Gasteiger charge is 2.45. The predicted octanol–water partition coefficient (Wildman–Crippen LogP) is 2.64. The highest BCUT2D eigenvalue weighted by molar-refractivity contribution is 7.89. The molecule has 3 N–H and O–H groups in total. The van der Waals surface area contributed by atoms with Crippen molar-refractivity contribution in [3.8, 4) is 0 Å². The molecule has 106 valence electrons. The summed E-state index contributed by atoms with van der Waals surface area (Å²) < 4.78 is 27.0. The molecule has 0 spiro atoms. The van der Waals surface area contributed by atoms with E-state index in [2.05, 4.69) is 18.6 Å². The summed E-state index contributed by atoms with van der Waals surface area (Å²) in [5.74, 6) is 0.477. The average molecular weight is 303 g/mol. The molecule has 6 heteroatoms. The van der Waals surface area contributed by atoms with Gasteiger partial charge in [0, 0.05) is 6.54 Å². The van der Waals surface area contributed by atoms with Gasteiger partial charge in [0.25, 0.3) is 0 Å². The molecule has 19 heavy (non-hydrogen) atoms. The fourth-order valence-corrected chi connectivity index (χ4v) is 3.53. The minimum absolute atomic E-state index is 0.130. The molecule has 0 radical (unpaired) electrons. The van der Waals surface area contributed by atoms with Gasteiger partial charge in [-0.05, 0) is 42.4 Å². The highest BCUT2D eigenvalue weighted by Crippen LogP contribution is 2.51. The Labute approximate surface area is 119 Å². The Kier molecular flexibility index (Phi) is 3.82. The highest BCUT2D eigenvalue weighted by atomic mass is 35.5. The van der Waals surface area contributed by atoms with E-state index in [9.17, 15) is 8.42 Å². The van der Waals surface area contributed by atoms with Crippen LogP contribution in [0.2, 0.25) is 5.02 Å². The Morgan fingerprint density at radius 2 is 2.05 bits per heavy atom. The third-order valence-electron chi connectivity index (χ3n) is 4.01. The van der Waals surface area contributed by atoms with Crippen molar-refractivity contribution < 1.29 is 8.42 Å². The largest absolute Gasteiger partial charge is 0.398 e. The average Bonchev–Trinajstić information content (AvgIpc) is 3.11. The number of nitrogen functional groups attached to an aromatic ring is 1. The maximum atomic E-state index is 12.2. The van der Waals surface area contributed by atoms with Gasteiger partial charge in [0.15, 0.2) is 0 Å². The quantitative estimate of drug-likeness (QED) is 0.821. The van der Waals surface area contributed by atoms with E-state index >= 15 is 0 Å². The number of sulfonamides is 1. The molecule has 1 saturated carbocycles. The van der Waals surface area contributed by atoms with Gasteiger partial charge in [-0.25, -0.2) is 13.1 Å². The van der Waals surface area contributed by atoms with Crippen LogP contribution in [-0.2, 0) is 10.0 Å². The van der Waals surface area contributed by atoms with E-state index in [-0.39, 0.29) is 15.3 Å². The molecule has 0 saturated heterocycles. The summed E-state index contributed by atoms with van der Waals surface area (Å²) >= 11 is 5.86. The second-order valence-electron chi connectivity index (χ2n) is 5.52. The second kappa shape index (κ2) is 4.96. The number of rotatable bonds is 5. The Morgan fingerprint density at radius 3 is 2.53 bits per heavy atom. The first-order chi connectivity index (χ1) is 8.77. The van der Waals surface area contributed by atoms with E-state index in [1.165, 1.54) is 18.2 Å². The molecule has 0 unspecified atom stereocenters. The van der Waals surface area contributed by atoms with Crippen LogP contribution in [-0.4, -0.2) is 15.0 Å². The SMILES string of the molecule is CC(C)C1(CNS(=O)(=O)c2ccc(N)c(Cl)c2)CC1. The number of anilines is 1. The lowest BCUT2D eigenvalue weighted by Crippen LogP contribution is -2.32. The zero-order valence-electron chi connectivity index (χ0n) is 11.1. The first kappa shape index (κ1) is 14.6. The van der Waals surface area contributed by atoms with E-state index in [0.29, 0.717) is 18.2 Å². The van der Waals surface area contributed by atoms with Crippen LogP contribution in [0.15, 0.2) is 23.1 Å². The van der Waals surface area contributed by atoms with Crippen molar-refractivity contribution in [1.29, 1.82) is 0 Å². The smallest absolute Gasteiger partial charge is 0.240 e. The lowest BCUT2D eigenvalue weighted by Gasteiger charge is -2.20. The number of nitrogens with two attached hydrogens (primary N) is 1. The molecule has 1 aromatic carbocycles. The van der Waals surface area contributed by atoms with Crippen LogP contribution in [0.4, 0.5) is 5.69 Å². The molecular formula is C13H19ClN2O2S. The van der Waals surface area contributed by atoms with E-state index in [4.69, 9.17) is 17.3 Å². The summed E-state index contributed by atoms with van der Waals surface area (Å²) in [6.45, 7) is 4.73. The number of hydrogen-bond donors (Lipinski definition) is 2. The Hall–Kier alpha value is -0.780. The molecule has 0 amide bonds. The molecule has 0 bridgehead atoms. The van der Waals surface area contributed by atoms with Crippen molar-refractivity contribution in [2.45, 2.75) is 31.6 Å². The van der Waals surface area contributed by atoms with Crippen molar-refractivity contribution in [1.82, 2.24) is 4.72 Å². The number of halogens is 1. The molecule has 1 aliphatic rings. The first-order valence-electron chi connectivity index (χ1n) is 6.31. The van der Waals surface area contributed by atoms with E-state index in [1.807, 2.05) is 0 Å². The molecular weight excluding hydrogens is 284 g/mol. The molecule has 0 heterocycles. The Bertz CT molecular complexity index is 580. The molecule has 1 fully saturated rings. The van der Waals surface area contributed by atoms with Crippen LogP contribution >= 0.6 is 11.6 Å². The third kappa shape index (κ3) is 3.04. The van der Waals surface area contributed by atoms with Crippen molar-refractivity contribution >= 4 is 27.3 Å². The molecule has 4 nitrogen and oxygen atoms in total. The van der Waals surface area contributed by atoms with E-state index in [1.54, 1.807) is 0 Å². The lowest BCUT2D eigenvalue weighted by atomic mass is 9.93. The monoisotopic (exact) mass is 302 g/mol. The molecule has 0 aliphatic heterocycles. The fourth-order valence-electron chi connectivity index (χ4n) is 2.12. The van der Waals surface area contributed by atoms with E-state index < -0.39 is 10.0 Å². The van der Waals surface area contributed by atoms with Gasteiger partial charge in [-0.3, -0.25) is 0 Å². The van der Waals surface area contributed by atoms with Crippen molar-refractivity contribution in [2.75, 3.05) is 12.3 Å². The van der Waals surface area contributed by atoms with Crippen LogP contribution in [0.3, 0.4) is 0 Å². The fraction of sp³-hybridized carbons (Fsp3) is 0.538. The van der Waals surface area contributed by atoms with Gasteiger partial charge in [0.05, 0.1) is 15.6 Å². The minimum atomic E-state index is -3.52. The maximum Gasteiger partial charge on any atom is 0.240 e. The van der Waals surface area contributed by atoms with Crippen molar-refractivity contribution in [3.63, 3.8) is 0 Å². The predicted molar refractivity (Wildman–Crippen MR) is 77.6 cm³/mol. The van der Waals surface area contributed by atoms with Crippen molar-refractivity contribution in [2.24, 2.45) is 11.3 Å². The minimum Gasteiger partial charge on any atom is -0.398 e. The standard InChI is InChI=1S/C13H19ClN2O2S/c1-9(2)13(5-6-13)8-16-19(17,18)10-3-4-12(15)11(14)7-10/h3-4,7,9,16H,5-6,8,15H2,1-2H3. The third-order valence-corrected chi connectivity index (χ3v) is 5.74. The Morgan fingerprint density at radius 1 is 1.42 bits per heavy atom. The zero-order chi connectivity index (χ0) is 14.3. The molecule has 1 aromatic rings. The summed E-state index contributed by atoms with van der Waals surface area (Å²) in [6.07, 6.45) is 2.16. The molecule has 1 aliphatic carbocycles. The summed E-state index contributed by atoms with van der Waals surface area (Å²) in [5.41, 5.74) is 6.08. The van der Waals surface area contributed by atoms with Crippen LogP contribution in [0.25, 0.3) is 0 Å². The maximum absolute atomic E-state index is 12.2. The van der Waals surface area contributed by atoms with Gasteiger partial charge < -0.3 is 5.73 Å². The van der Waals surface area contributed by atoms with Crippen LogP contribution in [0, 0.1) is 11.3 Å². The van der Waals surface area contributed by atoms with Gasteiger partial charge in [-0.2, -0.15) is 0 Å². The van der Waals surface area contributed by atoms with Crippen molar-refractivity contribution in [3.05, 3.63) is 23.2 Å². The summed E-state index contributed by atoms with van der Waals surface area (Å²) in [6, 6.07) is 4.36. The van der Waals surface area contributed by atoms with Gasteiger partial charge in [-0.1, -0.05) is 25.4 Å². The number of hydrogen-bond acceptors (Lipinski definition) is 3. The molecule has 2 rings (SSSR count). The van der Waals surface area contributed by atoms with Gasteiger partial charge in [0.1, 0.15) is 0 Å². The van der Waals surface area contributed by atoms with Crippen LogP contribution in [0.1, 0.15) is 26.7 Å². The van der Waals surface area contributed by atoms with Crippen LogP contribution in [0.5, 0.6) is 0 Å². The van der Waals surface area contributed by atoms with Gasteiger partial charge in [0.2, 0.25) is 10.0 Å². The molecule has 0 atom stereocenters. The summed E-state index contributed by atoms with van der Waals surface area (Å²) in [4.78, 5) is 0.159. The normalized spacial score (nSPS) is 17.7. The number of nitrogens with one attached hydrogen (secondary N) is 1. The first-order valence-corrected chi connectivity index (χ1v) is 8.18. The Balaban J connectivity index is 2.12. The molecule has 0 aromatic heterocycles. The second-order valence-corrected chi connectivity index (χ2v) is 7.70. The number of benzene rings is 1. The van der Waals surface area contributed by atoms with Gasteiger partial charge in [-0.15, -0.1) is 0 Å².